The van der Waals surface area contributed by atoms with Crippen molar-refractivity contribution in [2.75, 3.05) is 17.7 Å². The number of nitrogens with zero attached hydrogens (tertiary/aromatic N) is 1. The zero-order valence-electron chi connectivity index (χ0n) is 10.9. The van der Waals surface area contributed by atoms with Crippen molar-refractivity contribution in [2.24, 2.45) is 5.92 Å². The highest BCUT2D eigenvalue weighted by Gasteiger charge is 2.26. The third-order valence-electron chi connectivity index (χ3n) is 4.01. The molecule has 1 aromatic rings. The summed E-state index contributed by atoms with van der Waals surface area (Å²) < 4.78 is 13.9. The molecule has 0 aliphatic heterocycles. The van der Waals surface area contributed by atoms with Gasteiger partial charge in [-0.05, 0) is 40.8 Å². The summed E-state index contributed by atoms with van der Waals surface area (Å²) in [5.74, 6) is 0.355. The number of nitrogen functional groups attached to an aromatic ring is 1. The van der Waals surface area contributed by atoms with Crippen molar-refractivity contribution < 1.29 is 4.39 Å². The van der Waals surface area contributed by atoms with Crippen LogP contribution in [0.1, 0.15) is 32.6 Å². The fourth-order valence-corrected chi connectivity index (χ4v) is 3.24. The van der Waals surface area contributed by atoms with Gasteiger partial charge in [0.1, 0.15) is 5.82 Å². The highest BCUT2D eigenvalue weighted by molar-refractivity contribution is 9.10. The Bertz CT molecular complexity index is 436. The highest BCUT2D eigenvalue weighted by Crippen LogP contribution is 2.35. The molecule has 2 nitrogen and oxygen atoms in total. The van der Waals surface area contributed by atoms with E-state index in [-0.39, 0.29) is 5.82 Å². The van der Waals surface area contributed by atoms with Gasteiger partial charge in [0, 0.05) is 19.2 Å². The summed E-state index contributed by atoms with van der Waals surface area (Å²) >= 11 is 3.23. The lowest BCUT2D eigenvalue weighted by Gasteiger charge is -2.38. The molecule has 0 aromatic heterocycles. The molecule has 18 heavy (non-hydrogen) atoms. The second-order valence-corrected chi connectivity index (χ2v) is 6.12. The maximum absolute atomic E-state index is 13.4. The molecule has 1 fully saturated rings. The number of nitrogens with two attached hydrogens (primary N) is 1. The lowest BCUT2D eigenvalue weighted by molar-refractivity contribution is 0.322. The molecule has 2 unspecified atom stereocenters. The first-order valence-electron chi connectivity index (χ1n) is 6.48. The number of rotatable bonds is 2. The Balaban J connectivity index is 2.27. The van der Waals surface area contributed by atoms with Gasteiger partial charge in [0.05, 0.1) is 15.8 Å². The molecule has 2 N–H and O–H groups in total. The van der Waals surface area contributed by atoms with Crippen molar-refractivity contribution in [3.05, 3.63) is 22.4 Å². The van der Waals surface area contributed by atoms with Gasteiger partial charge in [-0.1, -0.05) is 19.8 Å². The highest BCUT2D eigenvalue weighted by atomic mass is 79.9. The Hall–Kier alpha value is -0.770. The predicted octanol–water partition coefficient (Wildman–Crippen LogP) is 4.19. The van der Waals surface area contributed by atoms with Gasteiger partial charge in [-0.2, -0.15) is 0 Å². The molecule has 1 saturated carbocycles. The minimum atomic E-state index is -0.304. The molecule has 0 amide bonds. The first-order valence-corrected chi connectivity index (χ1v) is 7.27. The van der Waals surface area contributed by atoms with Gasteiger partial charge in [0.25, 0.3) is 0 Å². The van der Waals surface area contributed by atoms with Crippen LogP contribution in [0.4, 0.5) is 15.8 Å². The molecule has 100 valence electrons. The second-order valence-electron chi connectivity index (χ2n) is 5.27. The van der Waals surface area contributed by atoms with E-state index >= 15 is 0 Å². The Kier molecular flexibility index (Phi) is 4.15. The summed E-state index contributed by atoms with van der Waals surface area (Å²) in [7, 11) is 2.06. The van der Waals surface area contributed by atoms with E-state index in [4.69, 9.17) is 5.73 Å². The molecule has 2 atom stereocenters. The Morgan fingerprint density at radius 1 is 1.33 bits per heavy atom. The van der Waals surface area contributed by atoms with Gasteiger partial charge < -0.3 is 10.6 Å². The molecule has 1 aromatic carbocycles. The van der Waals surface area contributed by atoms with Gasteiger partial charge in [-0.15, -0.1) is 0 Å². The molecule has 2 rings (SSSR count). The summed E-state index contributed by atoms with van der Waals surface area (Å²) in [4.78, 5) is 2.21. The van der Waals surface area contributed by atoms with Crippen LogP contribution in [0.15, 0.2) is 16.6 Å². The van der Waals surface area contributed by atoms with Crippen LogP contribution in [0.3, 0.4) is 0 Å². The maximum Gasteiger partial charge on any atom is 0.139 e. The molecular weight excluding hydrogens is 295 g/mol. The predicted molar refractivity (Wildman–Crippen MR) is 78.3 cm³/mol. The molecule has 0 spiro atoms. The van der Waals surface area contributed by atoms with E-state index in [1.807, 2.05) is 0 Å². The van der Waals surface area contributed by atoms with Crippen LogP contribution in [-0.2, 0) is 0 Å². The SMILES string of the molecule is CC1CCCCC1N(C)c1cc(Br)c(F)cc1N. The molecule has 4 heteroatoms. The molecule has 1 aliphatic carbocycles. The average molecular weight is 315 g/mol. The van der Waals surface area contributed by atoms with E-state index in [0.29, 0.717) is 22.1 Å². The minimum absolute atomic E-state index is 0.304. The van der Waals surface area contributed by atoms with E-state index in [1.165, 1.54) is 31.7 Å². The number of halogens is 2. The van der Waals surface area contributed by atoms with Gasteiger partial charge >= 0.3 is 0 Å². The van der Waals surface area contributed by atoms with Crippen molar-refractivity contribution in [1.82, 2.24) is 0 Å². The third-order valence-corrected chi connectivity index (χ3v) is 4.62. The number of benzene rings is 1. The molecule has 0 saturated heterocycles. The zero-order valence-corrected chi connectivity index (χ0v) is 12.5. The van der Waals surface area contributed by atoms with E-state index in [9.17, 15) is 4.39 Å². The summed E-state index contributed by atoms with van der Waals surface area (Å²) in [6, 6.07) is 3.67. The lowest BCUT2D eigenvalue weighted by Crippen LogP contribution is -2.39. The summed E-state index contributed by atoms with van der Waals surface area (Å²) in [5.41, 5.74) is 7.37. The van der Waals surface area contributed by atoms with E-state index in [1.54, 1.807) is 6.07 Å². The lowest BCUT2D eigenvalue weighted by atomic mass is 9.85. The fraction of sp³-hybridized carbons (Fsp3) is 0.571. The molecule has 0 bridgehead atoms. The first-order chi connectivity index (χ1) is 8.50. The van der Waals surface area contributed by atoms with Gasteiger partial charge in [0.15, 0.2) is 0 Å². The third kappa shape index (κ3) is 2.63. The van der Waals surface area contributed by atoms with Crippen LogP contribution in [0.2, 0.25) is 0 Å². The normalized spacial score (nSPS) is 24.0. The van der Waals surface area contributed by atoms with E-state index in [0.717, 1.165) is 5.69 Å². The van der Waals surface area contributed by atoms with Crippen molar-refractivity contribution >= 4 is 27.3 Å². The van der Waals surface area contributed by atoms with Crippen molar-refractivity contribution in [3.63, 3.8) is 0 Å². The minimum Gasteiger partial charge on any atom is -0.397 e. The number of hydrogen-bond acceptors (Lipinski definition) is 2. The fourth-order valence-electron chi connectivity index (χ4n) is 2.91. The van der Waals surface area contributed by atoms with Crippen LogP contribution in [0, 0.1) is 11.7 Å². The van der Waals surface area contributed by atoms with Crippen LogP contribution in [0.5, 0.6) is 0 Å². The Morgan fingerprint density at radius 2 is 2.00 bits per heavy atom. The molecule has 0 heterocycles. The van der Waals surface area contributed by atoms with E-state index < -0.39 is 0 Å². The van der Waals surface area contributed by atoms with E-state index in [2.05, 4.69) is 34.8 Å². The first kappa shape index (κ1) is 13.7. The monoisotopic (exact) mass is 314 g/mol. The maximum atomic E-state index is 13.4. The summed E-state index contributed by atoms with van der Waals surface area (Å²) in [6.07, 6.45) is 5.03. The van der Waals surface area contributed by atoms with Gasteiger partial charge in [0.2, 0.25) is 0 Å². The number of anilines is 2. The van der Waals surface area contributed by atoms with Crippen LogP contribution >= 0.6 is 15.9 Å². The van der Waals surface area contributed by atoms with Crippen molar-refractivity contribution in [3.8, 4) is 0 Å². The van der Waals surface area contributed by atoms with Crippen molar-refractivity contribution in [1.29, 1.82) is 0 Å². The van der Waals surface area contributed by atoms with Crippen LogP contribution in [-0.4, -0.2) is 13.1 Å². The molecule has 0 radical (unpaired) electrons. The molecular formula is C14H20BrFN2. The van der Waals surface area contributed by atoms with Gasteiger partial charge in [-0.25, -0.2) is 4.39 Å². The smallest absolute Gasteiger partial charge is 0.139 e. The quantitative estimate of drug-likeness (QED) is 0.829. The standard InChI is InChI=1S/C14H20BrFN2/c1-9-5-3-4-6-13(9)18(2)14-7-10(15)11(16)8-12(14)17/h7-9,13H,3-6,17H2,1-2H3. The second kappa shape index (κ2) is 5.47. The summed E-state index contributed by atoms with van der Waals surface area (Å²) in [5, 5.41) is 0. The number of hydrogen-bond donors (Lipinski definition) is 1. The van der Waals surface area contributed by atoms with Crippen LogP contribution < -0.4 is 10.6 Å². The molecule has 1 aliphatic rings. The van der Waals surface area contributed by atoms with Crippen LogP contribution in [0.25, 0.3) is 0 Å². The average Bonchev–Trinajstić information content (AvgIpc) is 2.33. The van der Waals surface area contributed by atoms with Crippen molar-refractivity contribution in [2.45, 2.75) is 38.6 Å². The zero-order chi connectivity index (χ0) is 13.3. The Labute approximate surface area is 116 Å². The Morgan fingerprint density at radius 3 is 2.67 bits per heavy atom. The van der Waals surface area contributed by atoms with Gasteiger partial charge in [-0.3, -0.25) is 0 Å². The summed E-state index contributed by atoms with van der Waals surface area (Å²) in [6.45, 7) is 2.29. The largest absolute Gasteiger partial charge is 0.397 e. The topological polar surface area (TPSA) is 29.3 Å².